The van der Waals surface area contributed by atoms with Crippen LogP contribution in [0.15, 0.2) is 76.5 Å². The Bertz CT molecular complexity index is 1110. The minimum absolute atomic E-state index is 0.208. The molecule has 3 rings (SSSR count). The first kappa shape index (κ1) is 24.9. The van der Waals surface area contributed by atoms with Gasteiger partial charge in [-0.15, -0.1) is 0 Å². The monoisotopic (exact) mass is 478 g/mol. The molecule has 0 bridgehead atoms. The molecule has 0 aliphatic rings. The zero-order valence-corrected chi connectivity index (χ0v) is 21.1. The first-order chi connectivity index (χ1) is 15.9. The maximum absolute atomic E-state index is 13.0. The zero-order valence-electron chi connectivity index (χ0n) is 19.5. The Labute approximate surface area is 204 Å². The second-order valence-corrected chi connectivity index (χ2v) is 10.1. The van der Waals surface area contributed by atoms with Crippen LogP contribution < -0.4 is 10.6 Å². The molecule has 6 heteroatoms. The van der Waals surface area contributed by atoms with Crippen LogP contribution in [0, 0.1) is 20.8 Å². The summed E-state index contributed by atoms with van der Waals surface area (Å²) in [5.41, 5.74) is 4.74. The lowest BCUT2D eigenvalue weighted by atomic mass is 10.1. The van der Waals surface area contributed by atoms with Crippen molar-refractivity contribution in [2.24, 2.45) is 0 Å². The molecule has 2 N–H and O–H groups in total. The summed E-state index contributed by atoms with van der Waals surface area (Å²) in [5, 5.41) is 5.87. The molecule has 0 aliphatic heterocycles. The highest BCUT2D eigenvalue weighted by Gasteiger charge is 2.22. The lowest BCUT2D eigenvalue weighted by Gasteiger charge is -2.19. The summed E-state index contributed by atoms with van der Waals surface area (Å²) in [7, 11) is 0. The fourth-order valence-corrected chi connectivity index (χ4v) is 4.70. The normalized spacial score (nSPS) is 11.6. The number of amides is 2. The molecule has 3 aromatic rings. The predicted molar refractivity (Wildman–Crippen MR) is 141 cm³/mol. The van der Waals surface area contributed by atoms with Crippen LogP contribution in [-0.2, 0) is 4.79 Å². The molecule has 1 atom stereocenters. The maximum atomic E-state index is 13.0. The van der Waals surface area contributed by atoms with Gasteiger partial charge in [-0.3, -0.25) is 9.59 Å². The van der Waals surface area contributed by atoms with Crippen LogP contribution >= 0.6 is 23.5 Å². The smallest absolute Gasteiger partial charge is 0.252 e. The van der Waals surface area contributed by atoms with Crippen molar-refractivity contribution in [1.82, 2.24) is 5.32 Å². The van der Waals surface area contributed by atoms with Gasteiger partial charge in [0.1, 0.15) is 6.04 Å². The average Bonchev–Trinajstić information content (AvgIpc) is 2.80. The standard InChI is InChI=1S/C27H30N2O2S2/c1-18-9-12-23(17-20(18)3)33-22-13-10-21(11-14-22)28-27(31)25(15-16-32-4)29-26(30)24-8-6-5-7-19(24)2/h5-14,17,25H,15-16H2,1-4H3,(H,28,31)(H,29,30)/t25-/m1/s1. The van der Waals surface area contributed by atoms with Gasteiger partial charge in [0.15, 0.2) is 0 Å². The Balaban J connectivity index is 1.65. The number of hydrogen-bond acceptors (Lipinski definition) is 4. The number of nitrogens with one attached hydrogen (secondary N) is 2. The van der Waals surface area contributed by atoms with Crippen molar-refractivity contribution in [1.29, 1.82) is 0 Å². The highest BCUT2D eigenvalue weighted by atomic mass is 32.2. The van der Waals surface area contributed by atoms with Crippen LogP contribution in [0.2, 0.25) is 0 Å². The van der Waals surface area contributed by atoms with E-state index in [-0.39, 0.29) is 11.8 Å². The summed E-state index contributed by atoms with van der Waals surface area (Å²) in [6.45, 7) is 6.11. The van der Waals surface area contributed by atoms with Gasteiger partial charge in [-0.1, -0.05) is 36.0 Å². The van der Waals surface area contributed by atoms with Gasteiger partial charge in [-0.2, -0.15) is 11.8 Å². The highest BCUT2D eigenvalue weighted by molar-refractivity contribution is 7.99. The number of aryl methyl sites for hydroxylation is 3. The number of carbonyl (C=O) groups is 2. The highest BCUT2D eigenvalue weighted by Crippen LogP contribution is 2.30. The summed E-state index contributed by atoms with van der Waals surface area (Å²) in [5.74, 6) is 0.340. The molecule has 0 saturated carbocycles. The van der Waals surface area contributed by atoms with Crippen molar-refractivity contribution in [3.05, 3.63) is 89.0 Å². The average molecular weight is 479 g/mol. The summed E-state index contributed by atoms with van der Waals surface area (Å²) in [6, 6.07) is 21.0. The number of thioether (sulfide) groups is 1. The first-order valence-corrected chi connectivity index (χ1v) is 13.1. The number of benzene rings is 3. The molecule has 2 amide bonds. The van der Waals surface area contributed by atoms with Gasteiger partial charge in [0.05, 0.1) is 0 Å². The molecule has 3 aromatic carbocycles. The molecule has 0 aliphatic carbocycles. The van der Waals surface area contributed by atoms with Crippen molar-refractivity contribution < 1.29 is 9.59 Å². The van der Waals surface area contributed by atoms with Crippen molar-refractivity contribution in [3.8, 4) is 0 Å². The summed E-state index contributed by atoms with van der Waals surface area (Å²) >= 11 is 3.34. The third-order valence-corrected chi connectivity index (χ3v) is 7.10. The SMILES string of the molecule is CSCC[C@@H](NC(=O)c1ccccc1C)C(=O)Nc1ccc(Sc2ccc(C)c(C)c2)cc1. The first-order valence-electron chi connectivity index (χ1n) is 10.9. The molecule has 0 fully saturated rings. The van der Waals surface area contributed by atoms with Gasteiger partial charge in [0.25, 0.3) is 5.91 Å². The van der Waals surface area contributed by atoms with Gasteiger partial charge >= 0.3 is 0 Å². The van der Waals surface area contributed by atoms with Crippen LogP contribution in [0.5, 0.6) is 0 Å². The third kappa shape index (κ3) is 7.14. The third-order valence-electron chi connectivity index (χ3n) is 5.46. The quantitative estimate of drug-likeness (QED) is 0.381. The topological polar surface area (TPSA) is 58.2 Å². The van der Waals surface area contributed by atoms with E-state index in [2.05, 4.69) is 42.7 Å². The van der Waals surface area contributed by atoms with Crippen molar-refractivity contribution in [2.45, 2.75) is 43.0 Å². The van der Waals surface area contributed by atoms with Gasteiger partial charge in [-0.25, -0.2) is 0 Å². The molecule has 0 aromatic heterocycles. The molecule has 0 heterocycles. The van der Waals surface area contributed by atoms with Gasteiger partial charge < -0.3 is 10.6 Å². The lowest BCUT2D eigenvalue weighted by molar-refractivity contribution is -0.118. The molecular weight excluding hydrogens is 448 g/mol. The molecular formula is C27H30N2O2S2. The van der Waals surface area contributed by atoms with Crippen molar-refractivity contribution in [3.63, 3.8) is 0 Å². The fourth-order valence-electron chi connectivity index (χ4n) is 3.32. The maximum Gasteiger partial charge on any atom is 0.252 e. The number of rotatable bonds is 9. The Hall–Kier alpha value is -2.70. The van der Waals surface area contributed by atoms with Crippen LogP contribution in [0.25, 0.3) is 0 Å². The zero-order chi connectivity index (χ0) is 23.8. The van der Waals surface area contributed by atoms with Gasteiger partial charge in [0, 0.05) is 21.0 Å². The van der Waals surface area contributed by atoms with Gasteiger partial charge in [0.2, 0.25) is 5.91 Å². The van der Waals surface area contributed by atoms with Crippen LogP contribution in [0.4, 0.5) is 5.69 Å². The van der Waals surface area contributed by atoms with Crippen molar-refractivity contribution >= 4 is 41.0 Å². The minimum atomic E-state index is -0.603. The second kappa shape index (κ2) is 12.0. The molecule has 0 unspecified atom stereocenters. The van der Waals surface area contributed by atoms with E-state index in [1.54, 1.807) is 29.6 Å². The van der Waals surface area contributed by atoms with E-state index < -0.39 is 6.04 Å². The second-order valence-electron chi connectivity index (χ2n) is 7.98. The van der Waals surface area contributed by atoms with Crippen LogP contribution in [0.3, 0.4) is 0 Å². The van der Waals surface area contributed by atoms with E-state index in [0.717, 1.165) is 16.2 Å². The molecule has 0 saturated heterocycles. The largest absolute Gasteiger partial charge is 0.340 e. The summed E-state index contributed by atoms with van der Waals surface area (Å²) in [4.78, 5) is 28.0. The molecule has 172 valence electrons. The Morgan fingerprint density at radius 1 is 0.848 bits per heavy atom. The van der Waals surface area contributed by atoms with Crippen LogP contribution in [-0.4, -0.2) is 29.9 Å². The summed E-state index contributed by atoms with van der Waals surface area (Å²) < 4.78 is 0. The molecule has 33 heavy (non-hydrogen) atoms. The van der Waals surface area contributed by atoms with E-state index in [0.29, 0.717) is 17.7 Å². The minimum Gasteiger partial charge on any atom is -0.340 e. The van der Waals surface area contributed by atoms with E-state index in [9.17, 15) is 9.59 Å². The van der Waals surface area contributed by atoms with Crippen molar-refractivity contribution in [2.75, 3.05) is 17.3 Å². The fraction of sp³-hybridized carbons (Fsp3) is 0.259. The Morgan fingerprint density at radius 2 is 1.55 bits per heavy atom. The number of carbonyl (C=O) groups excluding carboxylic acids is 2. The van der Waals surface area contributed by atoms with Crippen LogP contribution in [0.1, 0.15) is 33.5 Å². The number of hydrogen-bond donors (Lipinski definition) is 2. The summed E-state index contributed by atoms with van der Waals surface area (Å²) in [6.07, 6.45) is 2.55. The molecule has 0 radical (unpaired) electrons. The van der Waals surface area contributed by atoms with E-state index in [1.165, 1.54) is 16.0 Å². The lowest BCUT2D eigenvalue weighted by Crippen LogP contribution is -2.44. The molecule has 0 spiro atoms. The Morgan fingerprint density at radius 3 is 2.21 bits per heavy atom. The molecule has 4 nitrogen and oxygen atoms in total. The van der Waals surface area contributed by atoms with Gasteiger partial charge in [-0.05, 0) is 98.4 Å². The van der Waals surface area contributed by atoms with E-state index in [1.807, 2.05) is 55.6 Å². The van der Waals surface area contributed by atoms with E-state index in [4.69, 9.17) is 0 Å². The van der Waals surface area contributed by atoms with E-state index >= 15 is 0 Å². The predicted octanol–water partition coefficient (Wildman–Crippen LogP) is 6.25. The number of anilines is 1. The Kier molecular flexibility index (Phi) is 9.03.